The van der Waals surface area contributed by atoms with Crippen molar-refractivity contribution in [2.24, 2.45) is 0 Å². The van der Waals surface area contributed by atoms with Crippen molar-refractivity contribution in [3.8, 4) is 5.75 Å². The molecule has 4 rings (SSSR count). The first-order valence-electron chi connectivity index (χ1n) is 9.54. The summed E-state index contributed by atoms with van der Waals surface area (Å²) in [4.78, 5) is 41.3. The fourth-order valence-corrected chi connectivity index (χ4v) is 4.47. The summed E-state index contributed by atoms with van der Waals surface area (Å²) in [6, 6.07) is 7.23. The molecular formula is C20H23N3O4S. The van der Waals surface area contributed by atoms with Crippen LogP contribution >= 0.6 is 11.3 Å². The Morgan fingerprint density at radius 2 is 1.93 bits per heavy atom. The van der Waals surface area contributed by atoms with Crippen LogP contribution in [0.5, 0.6) is 5.75 Å². The normalized spacial score (nSPS) is 19.1. The van der Waals surface area contributed by atoms with E-state index in [1.807, 2.05) is 17.0 Å². The zero-order valence-electron chi connectivity index (χ0n) is 15.8. The first-order valence-corrected chi connectivity index (χ1v) is 10.4. The van der Waals surface area contributed by atoms with Gasteiger partial charge in [0, 0.05) is 24.2 Å². The van der Waals surface area contributed by atoms with Gasteiger partial charge in [-0.15, -0.1) is 0 Å². The number of amides is 2. The Kier molecular flexibility index (Phi) is 5.21. The average Bonchev–Trinajstić information content (AvgIpc) is 3.05. The third-order valence-electron chi connectivity index (χ3n) is 5.29. The van der Waals surface area contributed by atoms with E-state index in [-0.39, 0.29) is 29.8 Å². The summed E-state index contributed by atoms with van der Waals surface area (Å²) < 4.78 is 7.42. The number of para-hydroxylation sites is 2. The minimum absolute atomic E-state index is 0.0485. The van der Waals surface area contributed by atoms with Gasteiger partial charge >= 0.3 is 4.87 Å². The van der Waals surface area contributed by atoms with Crippen LogP contribution in [-0.2, 0) is 16.1 Å². The van der Waals surface area contributed by atoms with Crippen molar-refractivity contribution in [3.05, 3.63) is 45.0 Å². The fraction of sp³-hybridized carbons (Fsp3) is 0.450. The van der Waals surface area contributed by atoms with Crippen molar-refractivity contribution in [1.82, 2.24) is 9.47 Å². The number of carbonyl (C=O) groups is 2. The SMILES string of the molecule is Cc1csc(=O)n1CC(=O)N1CC(C(=O)N2CCCCC2)Oc2ccccc21. The highest BCUT2D eigenvalue weighted by Crippen LogP contribution is 2.34. The number of fused-ring (bicyclic) bond motifs is 1. The number of benzene rings is 1. The maximum atomic E-state index is 13.1. The van der Waals surface area contributed by atoms with E-state index in [9.17, 15) is 14.4 Å². The predicted molar refractivity (Wildman–Crippen MR) is 107 cm³/mol. The molecule has 28 heavy (non-hydrogen) atoms. The van der Waals surface area contributed by atoms with Crippen molar-refractivity contribution in [2.45, 2.75) is 38.8 Å². The molecule has 1 atom stereocenters. The smallest absolute Gasteiger partial charge is 0.307 e. The lowest BCUT2D eigenvalue weighted by Crippen LogP contribution is -2.53. The second-order valence-electron chi connectivity index (χ2n) is 7.19. The molecule has 1 unspecified atom stereocenters. The lowest BCUT2D eigenvalue weighted by Gasteiger charge is -2.37. The molecule has 148 valence electrons. The number of rotatable bonds is 3. The van der Waals surface area contributed by atoms with Crippen LogP contribution in [0.25, 0.3) is 0 Å². The van der Waals surface area contributed by atoms with Crippen LogP contribution in [-0.4, -0.2) is 47.0 Å². The number of ether oxygens (including phenoxy) is 1. The average molecular weight is 401 g/mol. The molecule has 1 saturated heterocycles. The molecule has 0 spiro atoms. The van der Waals surface area contributed by atoms with Crippen molar-refractivity contribution >= 4 is 28.8 Å². The highest BCUT2D eigenvalue weighted by Gasteiger charge is 2.36. The number of anilines is 1. The second-order valence-corrected chi connectivity index (χ2v) is 8.01. The van der Waals surface area contributed by atoms with Gasteiger partial charge in [0.1, 0.15) is 12.3 Å². The van der Waals surface area contributed by atoms with E-state index in [0.29, 0.717) is 11.4 Å². The van der Waals surface area contributed by atoms with Gasteiger partial charge in [-0.05, 0) is 38.3 Å². The monoisotopic (exact) mass is 401 g/mol. The molecule has 2 aliphatic heterocycles. The zero-order chi connectivity index (χ0) is 19.7. The van der Waals surface area contributed by atoms with Crippen LogP contribution in [0.1, 0.15) is 25.0 Å². The molecule has 0 bridgehead atoms. The maximum Gasteiger partial charge on any atom is 0.307 e. The number of thiazole rings is 1. The summed E-state index contributed by atoms with van der Waals surface area (Å²) in [5.41, 5.74) is 1.39. The number of carbonyl (C=O) groups excluding carboxylic acids is 2. The number of piperidine rings is 1. The summed E-state index contributed by atoms with van der Waals surface area (Å²) in [7, 11) is 0. The van der Waals surface area contributed by atoms with Crippen molar-refractivity contribution in [1.29, 1.82) is 0 Å². The Labute approximate surface area is 167 Å². The van der Waals surface area contributed by atoms with Gasteiger partial charge in [0.15, 0.2) is 6.10 Å². The Bertz CT molecular complexity index is 945. The number of nitrogens with zero attached hydrogens (tertiary/aromatic N) is 3. The molecule has 2 aliphatic rings. The van der Waals surface area contributed by atoms with E-state index >= 15 is 0 Å². The number of aryl methyl sites for hydroxylation is 1. The van der Waals surface area contributed by atoms with Gasteiger partial charge in [0.2, 0.25) is 5.91 Å². The van der Waals surface area contributed by atoms with E-state index in [0.717, 1.165) is 49.4 Å². The predicted octanol–water partition coefficient (Wildman–Crippen LogP) is 2.02. The lowest BCUT2D eigenvalue weighted by atomic mass is 10.1. The Hall–Kier alpha value is -2.61. The summed E-state index contributed by atoms with van der Waals surface area (Å²) >= 11 is 1.08. The van der Waals surface area contributed by atoms with Gasteiger partial charge in [-0.3, -0.25) is 19.0 Å². The van der Waals surface area contributed by atoms with Crippen LogP contribution < -0.4 is 14.5 Å². The number of hydrogen-bond acceptors (Lipinski definition) is 5. The summed E-state index contributed by atoms with van der Waals surface area (Å²) in [6.45, 7) is 3.38. The molecule has 7 nitrogen and oxygen atoms in total. The summed E-state index contributed by atoms with van der Waals surface area (Å²) in [5.74, 6) is 0.221. The van der Waals surface area contributed by atoms with E-state index < -0.39 is 6.10 Å². The van der Waals surface area contributed by atoms with E-state index in [4.69, 9.17) is 4.74 Å². The first kappa shape index (κ1) is 18.7. The Balaban J connectivity index is 1.59. The molecule has 1 aromatic carbocycles. The molecule has 2 aromatic rings. The van der Waals surface area contributed by atoms with Crippen molar-refractivity contribution in [3.63, 3.8) is 0 Å². The Morgan fingerprint density at radius 3 is 2.64 bits per heavy atom. The molecule has 0 saturated carbocycles. The largest absolute Gasteiger partial charge is 0.476 e. The number of aromatic nitrogens is 1. The van der Waals surface area contributed by atoms with Crippen LogP contribution in [0.4, 0.5) is 5.69 Å². The standard InChI is InChI=1S/C20H23N3O4S/c1-14-13-28-20(26)22(14)12-18(24)23-11-17(19(25)21-9-5-2-6-10-21)27-16-8-4-3-7-15(16)23/h3-4,7-8,13,17H,2,5-6,9-12H2,1H3. The van der Waals surface area contributed by atoms with E-state index in [2.05, 4.69) is 0 Å². The van der Waals surface area contributed by atoms with E-state index in [1.54, 1.807) is 29.3 Å². The minimum atomic E-state index is -0.725. The quantitative estimate of drug-likeness (QED) is 0.789. The second kappa shape index (κ2) is 7.79. The Morgan fingerprint density at radius 1 is 1.18 bits per heavy atom. The molecule has 2 amide bonds. The molecule has 8 heteroatoms. The molecule has 3 heterocycles. The van der Waals surface area contributed by atoms with Crippen LogP contribution in [0, 0.1) is 6.92 Å². The van der Waals surface area contributed by atoms with Crippen LogP contribution in [0.3, 0.4) is 0 Å². The topological polar surface area (TPSA) is 71.9 Å². The van der Waals surface area contributed by atoms with Gasteiger partial charge in [0.05, 0.1) is 12.2 Å². The number of likely N-dealkylation sites (tertiary alicyclic amines) is 1. The molecule has 1 aromatic heterocycles. The van der Waals surface area contributed by atoms with Crippen molar-refractivity contribution < 1.29 is 14.3 Å². The molecule has 0 N–H and O–H groups in total. The third-order valence-corrected chi connectivity index (χ3v) is 6.17. The molecular weight excluding hydrogens is 378 g/mol. The lowest BCUT2D eigenvalue weighted by molar-refractivity contribution is -0.139. The van der Waals surface area contributed by atoms with Crippen LogP contribution in [0.15, 0.2) is 34.4 Å². The summed E-state index contributed by atoms with van der Waals surface area (Å²) in [5, 5.41) is 1.74. The highest BCUT2D eigenvalue weighted by molar-refractivity contribution is 7.07. The van der Waals surface area contributed by atoms with Crippen molar-refractivity contribution in [2.75, 3.05) is 24.5 Å². The molecule has 0 radical (unpaired) electrons. The third kappa shape index (κ3) is 3.56. The van der Waals surface area contributed by atoms with Gasteiger partial charge in [0.25, 0.3) is 5.91 Å². The maximum absolute atomic E-state index is 13.1. The first-order chi connectivity index (χ1) is 13.5. The summed E-state index contributed by atoms with van der Waals surface area (Å²) in [6.07, 6.45) is 2.41. The molecule has 1 fully saturated rings. The van der Waals surface area contributed by atoms with Gasteiger partial charge in [-0.25, -0.2) is 0 Å². The van der Waals surface area contributed by atoms with Gasteiger partial charge in [-0.2, -0.15) is 0 Å². The van der Waals surface area contributed by atoms with Crippen LogP contribution in [0.2, 0.25) is 0 Å². The van der Waals surface area contributed by atoms with Gasteiger partial charge in [-0.1, -0.05) is 23.5 Å². The highest BCUT2D eigenvalue weighted by atomic mass is 32.1. The zero-order valence-corrected chi connectivity index (χ0v) is 16.6. The number of hydrogen-bond donors (Lipinski definition) is 0. The minimum Gasteiger partial charge on any atom is -0.476 e. The molecule has 0 aliphatic carbocycles. The fourth-order valence-electron chi connectivity index (χ4n) is 3.73. The van der Waals surface area contributed by atoms with Gasteiger partial charge < -0.3 is 14.5 Å². The van der Waals surface area contributed by atoms with E-state index in [1.165, 1.54) is 4.57 Å².